The van der Waals surface area contributed by atoms with Gasteiger partial charge in [0.2, 0.25) is 0 Å². The highest BCUT2D eigenvalue weighted by Gasteiger charge is 2.35. The van der Waals surface area contributed by atoms with Crippen molar-refractivity contribution in [3.63, 3.8) is 0 Å². The lowest BCUT2D eigenvalue weighted by molar-refractivity contribution is 0.194. The van der Waals surface area contributed by atoms with E-state index in [-0.39, 0.29) is 0 Å². The molecule has 1 saturated heterocycles. The summed E-state index contributed by atoms with van der Waals surface area (Å²) in [5, 5.41) is 10.2. The van der Waals surface area contributed by atoms with E-state index < -0.39 is 6.10 Å². The molecular formula is C18H27NO2. The van der Waals surface area contributed by atoms with Crippen LogP contribution in [0, 0.1) is 5.92 Å². The molecule has 0 aromatic heterocycles. The Morgan fingerprint density at radius 1 is 1.19 bits per heavy atom. The van der Waals surface area contributed by atoms with Gasteiger partial charge in [-0.25, -0.2) is 0 Å². The number of rotatable bonds is 4. The fraction of sp³-hybridized carbons (Fsp3) is 0.667. The summed E-state index contributed by atoms with van der Waals surface area (Å²) in [7, 11) is 1.68. The Labute approximate surface area is 127 Å². The number of ether oxygens (including phenoxy) is 1. The van der Waals surface area contributed by atoms with Crippen molar-refractivity contribution >= 4 is 5.69 Å². The lowest BCUT2D eigenvalue weighted by atomic mass is 9.95. The molecule has 0 spiro atoms. The molecule has 0 amide bonds. The minimum atomic E-state index is -0.499. The van der Waals surface area contributed by atoms with Gasteiger partial charge < -0.3 is 14.7 Å². The van der Waals surface area contributed by atoms with Crippen LogP contribution in [0.2, 0.25) is 0 Å². The van der Waals surface area contributed by atoms with Gasteiger partial charge in [0.05, 0.1) is 13.2 Å². The minimum absolute atomic E-state index is 0.499. The number of benzene rings is 1. The molecule has 2 aliphatic rings. The van der Waals surface area contributed by atoms with Crippen LogP contribution in [0.4, 0.5) is 5.69 Å². The second kappa shape index (κ2) is 6.27. The van der Waals surface area contributed by atoms with Gasteiger partial charge in [-0.3, -0.25) is 0 Å². The molecule has 1 saturated carbocycles. The zero-order valence-electron chi connectivity index (χ0n) is 13.2. The van der Waals surface area contributed by atoms with Crippen LogP contribution in [0.5, 0.6) is 5.75 Å². The molecule has 0 bridgehead atoms. The Morgan fingerprint density at radius 2 is 1.95 bits per heavy atom. The zero-order chi connectivity index (χ0) is 14.8. The number of nitrogens with zero attached hydrogens (tertiary/aromatic N) is 1. The number of anilines is 1. The van der Waals surface area contributed by atoms with E-state index in [0.717, 1.165) is 23.8 Å². The van der Waals surface area contributed by atoms with Crippen LogP contribution in [0.25, 0.3) is 0 Å². The van der Waals surface area contributed by atoms with Crippen LogP contribution in [-0.2, 0) is 0 Å². The van der Waals surface area contributed by atoms with Crippen molar-refractivity contribution in [1.29, 1.82) is 0 Å². The van der Waals surface area contributed by atoms with Crippen molar-refractivity contribution in [3.8, 4) is 5.75 Å². The summed E-state index contributed by atoms with van der Waals surface area (Å²) in [5.41, 5.74) is 2.13. The number of aliphatic hydroxyl groups excluding tert-OH is 1. The van der Waals surface area contributed by atoms with Crippen molar-refractivity contribution in [2.45, 2.75) is 57.6 Å². The average Bonchev–Trinajstić information content (AvgIpc) is 3.16. The normalized spacial score (nSPS) is 24.5. The lowest BCUT2D eigenvalue weighted by Gasteiger charge is -2.33. The average molecular weight is 289 g/mol. The Balaban J connectivity index is 1.94. The number of methoxy groups -OCH3 is 1. The summed E-state index contributed by atoms with van der Waals surface area (Å²) in [6.07, 6.45) is 7.57. The first-order chi connectivity index (χ1) is 10.2. The van der Waals surface area contributed by atoms with Gasteiger partial charge in [0, 0.05) is 23.8 Å². The van der Waals surface area contributed by atoms with Gasteiger partial charge in [0.1, 0.15) is 5.75 Å². The molecule has 0 radical (unpaired) electrons. The predicted octanol–water partition coefficient (Wildman–Crippen LogP) is 3.91. The van der Waals surface area contributed by atoms with E-state index in [2.05, 4.69) is 11.0 Å². The fourth-order valence-electron chi connectivity index (χ4n) is 4.30. The van der Waals surface area contributed by atoms with Crippen LogP contribution in [0.15, 0.2) is 18.2 Å². The summed E-state index contributed by atoms with van der Waals surface area (Å²) in [6.45, 7) is 2.94. The second-order valence-electron chi connectivity index (χ2n) is 6.52. The monoisotopic (exact) mass is 289 g/mol. The number of hydrogen-bond donors (Lipinski definition) is 1. The molecule has 1 aromatic rings. The van der Waals surface area contributed by atoms with E-state index in [9.17, 15) is 5.11 Å². The first-order valence-electron chi connectivity index (χ1n) is 8.34. The summed E-state index contributed by atoms with van der Waals surface area (Å²) in [4.78, 5) is 2.54. The van der Waals surface area contributed by atoms with Gasteiger partial charge >= 0.3 is 0 Å². The van der Waals surface area contributed by atoms with Crippen molar-refractivity contribution < 1.29 is 9.84 Å². The highest BCUT2D eigenvalue weighted by Crippen LogP contribution is 2.42. The summed E-state index contributed by atoms with van der Waals surface area (Å²) < 4.78 is 5.48. The zero-order valence-corrected chi connectivity index (χ0v) is 13.2. The molecule has 2 atom stereocenters. The Morgan fingerprint density at radius 3 is 2.62 bits per heavy atom. The predicted molar refractivity (Wildman–Crippen MR) is 86.0 cm³/mol. The minimum Gasteiger partial charge on any atom is -0.496 e. The Bertz CT molecular complexity index is 480. The van der Waals surface area contributed by atoms with Gasteiger partial charge in [-0.15, -0.1) is 0 Å². The quantitative estimate of drug-likeness (QED) is 0.912. The van der Waals surface area contributed by atoms with Gasteiger partial charge in [-0.2, -0.15) is 0 Å². The molecule has 3 rings (SSSR count). The fourth-order valence-corrected chi connectivity index (χ4v) is 4.30. The second-order valence-corrected chi connectivity index (χ2v) is 6.52. The van der Waals surface area contributed by atoms with E-state index >= 15 is 0 Å². The Hall–Kier alpha value is -1.22. The summed E-state index contributed by atoms with van der Waals surface area (Å²) in [5.74, 6) is 1.64. The third kappa shape index (κ3) is 2.76. The SMILES string of the molecule is COc1cccc(N2CCCC2C2CCCC2)c1[C@@H](C)O. The summed E-state index contributed by atoms with van der Waals surface area (Å²) >= 11 is 0. The molecule has 1 heterocycles. The standard InChI is InChI=1S/C18H27NO2/c1-13(20)18-16(9-5-11-17(18)21-2)19-12-6-10-15(19)14-7-3-4-8-14/h5,9,11,13-15,20H,3-4,6-8,10,12H2,1-2H3/t13-,15?/m1/s1. The highest BCUT2D eigenvalue weighted by molar-refractivity contribution is 5.61. The van der Waals surface area contributed by atoms with Crippen LogP contribution in [0.1, 0.15) is 57.1 Å². The molecule has 21 heavy (non-hydrogen) atoms. The first-order valence-corrected chi connectivity index (χ1v) is 8.34. The highest BCUT2D eigenvalue weighted by atomic mass is 16.5. The smallest absolute Gasteiger partial charge is 0.126 e. The maximum atomic E-state index is 10.2. The molecule has 1 unspecified atom stereocenters. The van der Waals surface area contributed by atoms with Gasteiger partial charge in [-0.1, -0.05) is 18.9 Å². The lowest BCUT2D eigenvalue weighted by Crippen LogP contribution is -2.35. The molecule has 3 nitrogen and oxygen atoms in total. The molecule has 1 aliphatic carbocycles. The third-order valence-electron chi connectivity index (χ3n) is 5.23. The van der Waals surface area contributed by atoms with E-state index in [1.54, 1.807) is 7.11 Å². The molecular weight excluding hydrogens is 262 g/mol. The van der Waals surface area contributed by atoms with Gasteiger partial charge in [0.25, 0.3) is 0 Å². The van der Waals surface area contributed by atoms with Crippen molar-refractivity contribution in [2.75, 3.05) is 18.6 Å². The largest absolute Gasteiger partial charge is 0.496 e. The third-order valence-corrected chi connectivity index (χ3v) is 5.23. The Kier molecular flexibility index (Phi) is 4.39. The van der Waals surface area contributed by atoms with E-state index in [0.29, 0.717) is 6.04 Å². The van der Waals surface area contributed by atoms with E-state index in [1.807, 2.05) is 19.1 Å². The van der Waals surface area contributed by atoms with Crippen LogP contribution in [-0.4, -0.2) is 24.8 Å². The number of aliphatic hydroxyl groups is 1. The van der Waals surface area contributed by atoms with Crippen LogP contribution >= 0.6 is 0 Å². The van der Waals surface area contributed by atoms with Crippen molar-refractivity contribution in [3.05, 3.63) is 23.8 Å². The molecule has 1 N–H and O–H groups in total. The molecule has 3 heteroatoms. The van der Waals surface area contributed by atoms with Gasteiger partial charge in [0.15, 0.2) is 0 Å². The van der Waals surface area contributed by atoms with Crippen LogP contribution < -0.4 is 9.64 Å². The summed E-state index contributed by atoms with van der Waals surface area (Å²) in [6, 6.07) is 6.80. The van der Waals surface area contributed by atoms with E-state index in [4.69, 9.17) is 4.74 Å². The van der Waals surface area contributed by atoms with E-state index in [1.165, 1.54) is 44.2 Å². The van der Waals surface area contributed by atoms with Crippen molar-refractivity contribution in [1.82, 2.24) is 0 Å². The maximum Gasteiger partial charge on any atom is 0.126 e. The van der Waals surface area contributed by atoms with Crippen LogP contribution in [0.3, 0.4) is 0 Å². The maximum absolute atomic E-state index is 10.2. The molecule has 2 fully saturated rings. The van der Waals surface area contributed by atoms with Gasteiger partial charge in [-0.05, 0) is 50.7 Å². The number of hydrogen-bond acceptors (Lipinski definition) is 3. The molecule has 1 aromatic carbocycles. The van der Waals surface area contributed by atoms with Crippen molar-refractivity contribution in [2.24, 2.45) is 5.92 Å². The molecule has 116 valence electrons. The topological polar surface area (TPSA) is 32.7 Å². The molecule has 1 aliphatic heterocycles. The first kappa shape index (κ1) is 14.7.